The van der Waals surface area contributed by atoms with Crippen molar-refractivity contribution < 1.29 is 42.9 Å². The zero-order chi connectivity index (χ0) is 22.0. The molecule has 1 N–H and O–H groups in total. The van der Waals surface area contributed by atoms with Crippen LogP contribution in [-0.4, -0.2) is 67.7 Å². The molecule has 0 radical (unpaired) electrons. The third-order valence-corrected chi connectivity index (χ3v) is 3.91. The van der Waals surface area contributed by atoms with E-state index in [2.05, 4.69) is 11.9 Å². The van der Waals surface area contributed by atoms with Gasteiger partial charge in [-0.2, -0.15) is 0 Å². The maximum atomic E-state index is 11.7. The minimum absolute atomic E-state index is 0.260. The van der Waals surface area contributed by atoms with Gasteiger partial charge in [0.1, 0.15) is 18.8 Å². The van der Waals surface area contributed by atoms with Crippen LogP contribution in [0.2, 0.25) is 0 Å². The van der Waals surface area contributed by atoms with E-state index in [-0.39, 0.29) is 13.2 Å². The molecular weight excluding hydrogens is 386 g/mol. The van der Waals surface area contributed by atoms with E-state index >= 15 is 0 Å². The molecule has 0 aliphatic carbocycles. The lowest BCUT2D eigenvalue weighted by atomic mass is 9.96. The Hall–Kier alpha value is -2.46. The lowest BCUT2D eigenvalue weighted by molar-refractivity contribution is -0.277. The number of nitrogens with one attached hydrogen (secondary N) is 1. The van der Waals surface area contributed by atoms with Gasteiger partial charge in [0.15, 0.2) is 18.5 Å². The van der Waals surface area contributed by atoms with E-state index in [1.807, 2.05) is 0 Å². The van der Waals surface area contributed by atoms with Crippen LogP contribution >= 0.6 is 0 Å². The molecule has 0 aromatic rings. The highest BCUT2D eigenvalue weighted by molar-refractivity contribution is 5.73. The average molecular weight is 415 g/mol. The number of hydrogen-bond acceptors (Lipinski definition) is 9. The topological polar surface area (TPSA) is 126 Å². The van der Waals surface area contributed by atoms with Crippen molar-refractivity contribution in [3.05, 3.63) is 12.7 Å². The van der Waals surface area contributed by atoms with Crippen molar-refractivity contribution in [2.45, 2.75) is 71.2 Å². The molecule has 5 atom stereocenters. The molecule has 0 saturated carbocycles. The van der Waals surface area contributed by atoms with Gasteiger partial charge in [0.05, 0.1) is 6.61 Å². The Labute approximate surface area is 169 Å². The lowest BCUT2D eigenvalue weighted by Gasteiger charge is -2.44. The predicted molar refractivity (Wildman–Crippen MR) is 99.4 cm³/mol. The fourth-order valence-corrected chi connectivity index (χ4v) is 2.86. The fraction of sp³-hybridized carbons (Fsp3) is 0.684. The summed E-state index contributed by atoms with van der Waals surface area (Å²) in [7, 11) is 0. The normalized spacial score (nSPS) is 26.1. The summed E-state index contributed by atoms with van der Waals surface area (Å²) in [5.74, 6) is -2.29. The van der Waals surface area contributed by atoms with Crippen LogP contribution in [0, 0.1) is 0 Å². The Kier molecular flexibility index (Phi) is 10.3. The van der Waals surface area contributed by atoms with E-state index < -0.39 is 54.5 Å². The van der Waals surface area contributed by atoms with Gasteiger partial charge in [0, 0.05) is 27.7 Å². The second kappa shape index (κ2) is 12.2. The van der Waals surface area contributed by atoms with Gasteiger partial charge in [-0.1, -0.05) is 6.08 Å². The SMILES string of the molecule is C=CCCCO[C@H]1O[C@H](COC(C)=O)[C@H](OC(C)=O)[C@H](OC(C)=O)[C@H]1NC(C)=O. The molecule has 1 heterocycles. The van der Waals surface area contributed by atoms with Crippen LogP contribution < -0.4 is 5.32 Å². The van der Waals surface area contributed by atoms with Gasteiger partial charge in [-0.3, -0.25) is 19.2 Å². The molecule has 1 aliphatic heterocycles. The van der Waals surface area contributed by atoms with Crippen molar-refractivity contribution in [1.82, 2.24) is 5.32 Å². The van der Waals surface area contributed by atoms with Crippen LogP contribution in [0.1, 0.15) is 40.5 Å². The highest BCUT2D eigenvalue weighted by atomic mass is 16.7. The van der Waals surface area contributed by atoms with Crippen molar-refractivity contribution >= 4 is 23.8 Å². The summed E-state index contributed by atoms with van der Waals surface area (Å²) in [5, 5.41) is 2.63. The highest BCUT2D eigenvalue weighted by Gasteiger charge is 2.51. The number of allylic oxidation sites excluding steroid dienone is 1. The predicted octanol–water partition coefficient (Wildman–Crippen LogP) is 0.625. The summed E-state index contributed by atoms with van der Waals surface area (Å²) in [6, 6.07) is -0.946. The minimum atomic E-state index is -1.12. The van der Waals surface area contributed by atoms with Gasteiger partial charge in [0.25, 0.3) is 0 Å². The lowest BCUT2D eigenvalue weighted by Crippen LogP contribution is -2.66. The minimum Gasteiger partial charge on any atom is -0.463 e. The standard InChI is InChI=1S/C19H29NO9/c1-6-7-8-9-25-19-16(20-11(2)21)18(28-14(5)24)17(27-13(4)23)15(29-19)10-26-12(3)22/h6,15-19H,1,7-10H2,2-5H3,(H,20,21)/t15-,16-,17+,18-,19+/m1/s1. The fourth-order valence-electron chi connectivity index (χ4n) is 2.86. The summed E-state index contributed by atoms with van der Waals surface area (Å²) in [4.78, 5) is 46.3. The summed E-state index contributed by atoms with van der Waals surface area (Å²) < 4.78 is 27.3. The molecule has 1 fully saturated rings. The Morgan fingerprint density at radius 3 is 2.14 bits per heavy atom. The first kappa shape index (κ1) is 24.6. The molecule has 1 rings (SSSR count). The Morgan fingerprint density at radius 1 is 1.00 bits per heavy atom. The second-order valence-electron chi connectivity index (χ2n) is 6.52. The molecular formula is C19H29NO9. The third kappa shape index (κ3) is 8.61. The molecule has 29 heavy (non-hydrogen) atoms. The number of esters is 3. The molecule has 10 nitrogen and oxygen atoms in total. The van der Waals surface area contributed by atoms with Gasteiger partial charge < -0.3 is 29.0 Å². The Bertz CT molecular complexity index is 606. The molecule has 0 aromatic carbocycles. The number of hydrogen-bond donors (Lipinski definition) is 1. The van der Waals surface area contributed by atoms with Crippen molar-refractivity contribution in [2.75, 3.05) is 13.2 Å². The molecule has 0 bridgehead atoms. The molecule has 1 saturated heterocycles. The van der Waals surface area contributed by atoms with Crippen molar-refractivity contribution in [1.29, 1.82) is 0 Å². The van der Waals surface area contributed by atoms with Crippen molar-refractivity contribution in [3.63, 3.8) is 0 Å². The number of ether oxygens (including phenoxy) is 5. The van der Waals surface area contributed by atoms with Crippen LogP contribution in [0.15, 0.2) is 12.7 Å². The molecule has 0 unspecified atom stereocenters. The number of amides is 1. The number of carbonyl (C=O) groups excluding carboxylic acids is 4. The maximum Gasteiger partial charge on any atom is 0.303 e. The van der Waals surface area contributed by atoms with E-state index in [4.69, 9.17) is 23.7 Å². The maximum absolute atomic E-state index is 11.7. The second-order valence-corrected chi connectivity index (χ2v) is 6.52. The monoisotopic (exact) mass is 415 g/mol. The zero-order valence-electron chi connectivity index (χ0n) is 17.2. The van der Waals surface area contributed by atoms with Crippen molar-refractivity contribution in [2.24, 2.45) is 0 Å². The van der Waals surface area contributed by atoms with Crippen LogP contribution in [0.3, 0.4) is 0 Å². The number of carbonyl (C=O) groups is 4. The van der Waals surface area contributed by atoms with Crippen LogP contribution in [-0.2, 0) is 42.9 Å². The quantitative estimate of drug-likeness (QED) is 0.236. The zero-order valence-corrected chi connectivity index (χ0v) is 17.2. The highest BCUT2D eigenvalue weighted by Crippen LogP contribution is 2.28. The van der Waals surface area contributed by atoms with Crippen molar-refractivity contribution in [3.8, 4) is 0 Å². The number of rotatable bonds is 10. The third-order valence-electron chi connectivity index (χ3n) is 3.91. The van der Waals surface area contributed by atoms with Gasteiger partial charge in [-0.25, -0.2) is 0 Å². The van der Waals surface area contributed by atoms with Gasteiger partial charge in [0.2, 0.25) is 5.91 Å². The molecule has 10 heteroatoms. The van der Waals surface area contributed by atoms with Crippen LogP contribution in [0.4, 0.5) is 0 Å². The Morgan fingerprint density at radius 2 is 1.62 bits per heavy atom. The van der Waals surface area contributed by atoms with E-state index in [1.54, 1.807) is 6.08 Å². The van der Waals surface area contributed by atoms with E-state index in [1.165, 1.54) is 27.7 Å². The van der Waals surface area contributed by atoms with Crippen LogP contribution in [0.5, 0.6) is 0 Å². The summed E-state index contributed by atoms with van der Waals surface area (Å²) >= 11 is 0. The molecule has 0 aromatic heterocycles. The largest absolute Gasteiger partial charge is 0.463 e. The van der Waals surface area contributed by atoms with E-state index in [0.717, 1.165) is 0 Å². The van der Waals surface area contributed by atoms with Crippen LogP contribution in [0.25, 0.3) is 0 Å². The van der Waals surface area contributed by atoms with Gasteiger partial charge in [-0.05, 0) is 12.8 Å². The molecule has 164 valence electrons. The first-order valence-corrected chi connectivity index (χ1v) is 9.28. The van der Waals surface area contributed by atoms with E-state index in [0.29, 0.717) is 12.8 Å². The smallest absolute Gasteiger partial charge is 0.303 e. The summed E-state index contributed by atoms with van der Waals surface area (Å²) in [5.41, 5.74) is 0. The first-order chi connectivity index (χ1) is 13.6. The molecule has 1 amide bonds. The van der Waals surface area contributed by atoms with Gasteiger partial charge in [-0.15, -0.1) is 6.58 Å². The summed E-state index contributed by atoms with van der Waals surface area (Å²) in [6.07, 6.45) is -1.14. The van der Waals surface area contributed by atoms with Gasteiger partial charge >= 0.3 is 17.9 Å². The summed E-state index contributed by atoms with van der Waals surface area (Å²) in [6.45, 7) is 8.52. The van der Waals surface area contributed by atoms with E-state index in [9.17, 15) is 19.2 Å². The average Bonchev–Trinajstić information content (AvgIpc) is 2.60. The number of unbranched alkanes of at least 4 members (excludes halogenated alkanes) is 1. The molecule has 0 spiro atoms. The first-order valence-electron chi connectivity index (χ1n) is 9.28. The molecule has 1 aliphatic rings. The Balaban J connectivity index is 3.19.